The lowest BCUT2D eigenvalue weighted by Crippen LogP contribution is -2.24. The van der Waals surface area contributed by atoms with Gasteiger partial charge < -0.3 is 0 Å². The molecule has 1 aliphatic rings. The lowest BCUT2D eigenvalue weighted by atomic mass is 10.2. The predicted molar refractivity (Wildman–Crippen MR) is 75.8 cm³/mol. The summed E-state index contributed by atoms with van der Waals surface area (Å²) in [6.07, 6.45) is 0.514. The molecule has 18 heavy (non-hydrogen) atoms. The largest absolute Gasteiger partial charge is 0.288 e. The minimum Gasteiger partial charge on any atom is -0.288 e. The molecular formula is C12H10Cl2N2OS. The van der Waals surface area contributed by atoms with Gasteiger partial charge in [0.05, 0.1) is 10.2 Å². The van der Waals surface area contributed by atoms with E-state index in [-0.39, 0.29) is 11.8 Å². The second kappa shape index (κ2) is 4.68. The van der Waals surface area contributed by atoms with Gasteiger partial charge in [0.1, 0.15) is 0 Å². The average Bonchev–Trinajstić information content (AvgIpc) is 2.91. The monoisotopic (exact) mass is 300 g/mol. The Hall–Kier alpha value is -0.840. The van der Waals surface area contributed by atoms with Crippen molar-refractivity contribution in [1.82, 2.24) is 4.98 Å². The van der Waals surface area contributed by atoms with Crippen molar-refractivity contribution in [2.45, 2.75) is 6.42 Å². The van der Waals surface area contributed by atoms with Gasteiger partial charge in [-0.1, -0.05) is 22.9 Å². The summed E-state index contributed by atoms with van der Waals surface area (Å²) < 4.78 is 1.04. The highest BCUT2D eigenvalue weighted by molar-refractivity contribution is 7.22. The smallest absolute Gasteiger partial charge is 0.229 e. The van der Waals surface area contributed by atoms with Gasteiger partial charge in [-0.3, -0.25) is 9.69 Å². The zero-order valence-electron chi connectivity index (χ0n) is 9.40. The van der Waals surface area contributed by atoms with Gasteiger partial charge in [-0.05, 0) is 24.1 Å². The van der Waals surface area contributed by atoms with Crippen molar-refractivity contribution in [2.75, 3.05) is 17.3 Å². The number of alkyl halides is 1. The lowest BCUT2D eigenvalue weighted by Gasteiger charge is -2.11. The highest BCUT2D eigenvalue weighted by atomic mass is 35.5. The van der Waals surface area contributed by atoms with Crippen LogP contribution in [-0.4, -0.2) is 23.3 Å². The first-order valence-corrected chi connectivity index (χ1v) is 7.32. The molecule has 1 unspecified atom stereocenters. The number of halogens is 2. The molecule has 1 aromatic carbocycles. The van der Waals surface area contributed by atoms with E-state index in [9.17, 15) is 4.79 Å². The quantitative estimate of drug-likeness (QED) is 0.795. The molecule has 1 aromatic heterocycles. The molecule has 0 N–H and O–H groups in total. The second-order valence-electron chi connectivity index (χ2n) is 4.34. The van der Waals surface area contributed by atoms with Crippen molar-refractivity contribution in [1.29, 1.82) is 0 Å². The maximum atomic E-state index is 11.9. The van der Waals surface area contributed by atoms with Crippen LogP contribution in [0.3, 0.4) is 0 Å². The highest BCUT2D eigenvalue weighted by Crippen LogP contribution is 2.33. The van der Waals surface area contributed by atoms with Crippen molar-refractivity contribution in [2.24, 2.45) is 5.92 Å². The number of anilines is 1. The Morgan fingerprint density at radius 1 is 1.50 bits per heavy atom. The Kier molecular flexibility index (Phi) is 3.18. The van der Waals surface area contributed by atoms with Gasteiger partial charge in [0, 0.05) is 23.9 Å². The summed E-state index contributed by atoms with van der Waals surface area (Å²) in [4.78, 5) is 18.1. The van der Waals surface area contributed by atoms with Crippen molar-refractivity contribution < 1.29 is 4.79 Å². The van der Waals surface area contributed by atoms with Gasteiger partial charge in [-0.15, -0.1) is 11.6 Å². The summed E-state index contributed by atoms with van der Waals surface area (Å²) in [7, 11) is 0. The normalized spacial score (nSPS) is 20.0. The summed E-state index contributed by atoms with van der Waals surface area (Å²) >= 11 is 13.3. The van der Waals surface area contributed by atoms with Crippen LogP contribution < -0.4 is 4.90 Å². The molecule has 0 spiro atoms. The van der Waals surface area contributed by atoms with Crippen molar-refractivity contribution >= 4 is 55.8 Å². The predicted octanol–water partition coefficient (Wildman–Crippen LogP) is 3.54. The Morgan fingerprint density at radius 3 is 3.06 bits per heavy atom. The zero-order chi connectivity index (χ0) is 12.7. The minimum absolute atomic E-state index is 0.103. The number of thiazole rings is 1. The number of nitrogens with zero attached hydrogens (tertiary/aromatic N) is 2. The van der Waals surface area contributed by atoms with Crippen LogP contribution in [0.2, 0.25) is 5.02 Å². The molecule has 2 aromatic rings. The molecule has 0 aliphatic carbocycles. The van der Waals surface area contributed by atoms with Gasteiger partial charge in [-0.2, -0.15) is 0 Å². The number of rotatable bonds is 2. The first-order chi connectivity index (χ1) is 8.67. The van der Waals surface area contributed by atoms with E-state index >= 15 is 0 Å². The summed E-state index contributed by atoms with van der Waals surface area (Å²) in [5.74, 6) is 0.847. The van der Waals surface area contributed by atoms with Gasteiger partial charge >= 0.3 is 0 Å². The number of aromatic nitrogens is 1. The van der Waals surface area contributed by atoms with Crippen molar-refractivity contribution in [3.63, 3.8) is 0 Å². The summed E-state index contributed by atoms with van der Waals surface area (Å²) in [6, 6.07) is 5.58. The molecule has 6 heteroatoms. The second-order valence-corrected chi connectivity index (χ2v) is 6.09. The van der Waals surface area contributed by atoms with Crippen LogP contribution >= 0.6 is 34.5 Å². The number of carbonyl (C=O) groups excluding carboxylic acids is 1. The van der Waals surface area contributed by atoms with Gasteiger partial charge in [0.2, 0.25) is 5.91 Å². The number of hydrogen-bond donors (Lipinski definition) is 0. The molecule has 1 aliphatic heterocycles. The van der Waals surface area contributed by atoms with E-state index in [2.05, 4.69) is 4.98 Å². The van der Waals surface area contributed by atoms with Gasteiger partial charge in [-0.25, -0.2) is 4.98 Å². The van der Waals surface area contributed by atoms with Crippen LogP contribution in [0, 0.1) is 5.92 Å². The molecule has 0 saturated carbocycles. The van der Waals surface area contributed by atoms with E-state index in [1.807, 2.05) is 18.2 Å². The fourth-order valence-corrected chi connectivity index (χ4v) is 3.42. The van der Waals surface area contributed by atoms with Crippen LogP contribution in [0.1, 0.15) is 6.42 Å². The van der Waals surface area contributed by atoms with E-state index < -0.39 is 0 Å². The molecule has 1 atom stereocenters. The van der Waals surface area contributed by atoms with Gasteiger partial charge in [0.15, 0.2) is 5.13 Å². The Morgan fingerprint density at radius 2 is 2.33 bits per heavy atom. The fourth-order valence-electron chi connectivity index (χ4n) is 2.07. The average molecular weight is 301 g/mol. The maximum Gasteiger partial charge on any atom is 0.229 e. The molecule has 1 fully saturated rings. The molecule has 1 amide bonds. The third-order valence-corrected chi connectivity index (χ3v) is 4.72. The van der Waals surface area contributed by atoms with E-state index in [0.717, 1.165) is 15.3 Å². The van der Waals surface area contributed by atoms with Gasteiger partial charge in [0.25, 0.3) is 0 Å². The standard InChI is InChI=1S/C12H10Cl2N2OS/c13-5-7-3-11(17)16(6-7)12-15-9-4-8(14)1-2-10(9)18-12/h1-2,4,7H,3,5-6H2. The summed E-state index contributed by atoms with van der Waals surface area (Å²) in [6.45, 7) is 0.663. The third kappa shape index (κ3) is 2.09. The van der Waals surface area contributed by atoms with Crippen molar-refractivity contribution in [3.05, 3.63) is 23.2 Å². The van der Waals surface area contributed by atoms with E-state index in [4.69, 9.17) is 23.2 Å². The topological polar surface area (TPSA) is 33.2 Å². The minimum atomic E-state index is 0.103. The van der Waals surface area contributed by atoms with Crippen LogP contribution in [0.4, 0.5) is 5.13 Å². The number of carbonyl (C=O) groups is 1. The zero-order valence-corrected chi connectivity index (χ0v) is 11.7. The Bertz CT molecular complexity index is 613. The van der Waals surface area contributed by atoms with E-state index in [0.29, 0.717) is 23.9 Å². The molecule has 94 valence electrons. The molecule has 0 bridgehead atoms. The van der Waals surface area contributed by atoms with Crippen molar-refractivity contribution in [3.8, 4) is 0 Å². The number of hydrogen-bond acceptors (Lipinski definition) is 3. The fraction of sp³-hybridized carbons (Fsp3) is 0.333. The lowest BCUT2D eigenvalue weighted by molar-refractivity contribution is -0.117. The SMILES string of the molecule is O=C1CC(CCl)CN1c1nc2cc(Cl)ccc2s1. The third-order valence-electron chi connectivity index (χ3n) is 2.99. The van der Waals surface area contributed by atoms with Crippen LogP contribution in [0.15, 0.2) is 18.2 Å². The number of benzene rings is 1. The van der Waals surface area contributed by atoms with Crippen LogP contribution in [0.5, 0.6) is 0 Å². The number of amides is 1. The van der Waals surface area contributed by atoms with Crippen LogP contribution in [0.25, 0.3) is 10.2 Å². The first-order valence-electron chi connectivity index (χ1n) is 5.60. The molecule has 2 heterocycles. The molecular weight excluding hydrogens is 291 g/mol. The highest BCUT2D eigenvalue weighted by Gasteiger charge is 2.31. The maximum absolute atomic E-state index is 11.9. The Labute approximate surface area is 118 Å². The Balaban J connectivity index is 1.97. The summed E-state index contributed by atoms with van der Waals surface area (Å²) in [5, 5.41) is 1.40. The van der Waals surface area contributed by atoms with E-state index in [1.165, 1.54) is 11.3 Å². The number of fused-ring (bicyclic) bond motifs is 1. The molecule has 0 radical (unpaired) electrons. The molecule has 3 nitrogen and oxygen atoms in total. The van der Waals surface area contributed by atoms with E-state index in [1.54, 1.807) is 4.90 Å². The summed E-state index contributed by atoms with van der Waals surface area (Å²) in [5.41, 5.74) is 0.838. The van der Waals surface area contributed by atoms with Crippen LogP contribution in [-0.2, 0) is 4.79 Å². The molecule has 1 saturated heterocycles. The first kappa shape index (κ1) is 12.2. The molecule has 3 rings (SSSR count).